The zero-order valence-corrected chi connectivity index (χ0v) is 7.96. The Morgan fingerprint density at radius 1 is 1.29 bits per heavy atom. The Balaban J connectivity index is 2.70. The van der Waals surface area contributed by atoms with Gasteiger partial charge in [-0.05, 0) is 0 Å². The van der Waals surface area contributed by atoms with Crippen LogP contribution >= 0.6 is 11.6 Å². The predicted octanol–water partition coefficient (Wildman–Crippen LogP) is 0.767. The third-order valence-electron chi connectivity index (χ3n) is 1.52. The van der Waals surface area contributed by atoms with Gasteiger partial charge in [0.15, 0.2) is 17.2 Å². The zero-order chi connectivity index (χ0) is 10.5. The molecule has 0 saturated carbocycles. The average molecular weight is 239 g/mol. The van der Waals surface area contributed by atoms with Crippen molar-refractivity contribution < 1.29 is 27.0 Å². The number of aromatic hydroxyl groups is 2. The molecule has 1 heterocycles. The molecular formula is C6H3ClO6S. The minimum Gasteiger partial charge on any atom is -0.504 e. The minimum absolute atomic E-state index is 0.259. The van der Waals surface area contributed by atoms with Crippen LogP contribution in [0.4, 0.5) is 0 Å². The van der Waals surface area contributed by atoms with Crippen LogP contribution in [0.25, 0.3) is 0 Å². The molecule has 0 aromatic heterocycles. The number of phenolic OH excluding ortho intramolecular Hbond substituents is 2. The van der Waals surface area contributed by atoms with Crippen molar-refractivity contribution in [3.8, 4) is 23.0 Å². The minimum atomic E-state index is -4.17. The average Bonchev–Trinajstić information content (AvgIpc) is 2.37. The van der Waals surface area contributed by atoms with Crippen molar-refractivity contribution in [2.75, 3.05) is 0 Å². The summed E-state index contributed by atoms with van der Waals surface area (Å²) in [6.07, 6.45) is 0. The molecule has 1 aromatic rings. The lowest BCUT2D eigenvalue weighted by atomic mass is 10.3. The summed E-state index contributed by atoms with van der Waals surface area (Å²) in [6, 6.07) is 0.890. The fraction of sp³-hybridized carbons (Fsp3) is 0. The number of rotatable bonds is 0. The molecule has 0 amide bonds. The van der Waals surface area contributed by atoms with Crippen molar-refractivity contribution in [2.45, 2.75) is 0 Å². The third-order valence-corrected chi connectivity index (χ3v) is 2.62. The highest BCUT2D eigenvalue weighted by Crippen LogP contribution is 2.50. The third kappa shape index (κ3) is 1.21. The Morgan fingerprint density at radius 2 is 1.93 bits per heavy atom. The molecular weight excluding hydrogens is 236 g/mol. The summed E-state index contributed by atoms with van der Waals surface area (Å²) in [5.74, 6) is -1.84. The molecule has 1 aliphatic rings. The second kappa shape index (κ2) is 2.58. The molecule has 0 unspecified atom stereocenters. The van der Waals surface area contributed by atoms with E-state index in [-0.39, 0.29) is 11.5 Å². The molecule has 0 fully saturated rings. The number of hydrogen-bond acceptors (Lipinski definition) is 6. The highest BCUT2D eigenvalue weighted by Gasteiger charge is 2.33. The Hall–Kier alpha value is -1.34. The smallest absolute Gasteiger partial charge is 0.501 e. The maximum Gasteiger partial charge on any atom is 0.501 e. The van der Waals surface area contributed by atoms with E-state index in [1.807, 2.05) is 0 Å². The number of hydrogen-bond donors (Lipinski definition) is 2. The molecule has 2 rings (SSSR count). The van der Waals surface area contributed by atoms with Gasteiger partial charge in [0.25, 0.3) is 0 Å². The van der Waals surface area contributed by atoms with Crippen LogP contribution in [0.1, 0.15) is 0 Å². The van der Waals surface area contributed by atoms with Crippen molar-refractivity contribution in [1.29, 1.82) is 0 Å². The van der Waals surface area contributed by atoms with E-state index in [1.54, 1.807) is 0 Å². The van der Waals surface area contributed by atoms with E-state index in [0.717, 1.165) is 6.07 Å². The Bertz CT molecular complexity index is 508. The SMILES string of the molecule is O=S1(=O)Oc2cc(O)c(O)c(Cl)c2O1. The first-order valence-corrected chi connectivity index (χ1v) is 5.00. The molecule has 0 bridgehead atoms. The molecule has 2 N–H and O–H groups in total. The summed E-state index contributed by atoms with van der Waals surface area (Å²) in [7, 11) is -4.17. The summed E-state index contributed by atoms with van der Waals surface area (Å²) < 4.78 is 30.2. The molecule has 1 aliphatic heterocycles. The maximum atomic E-state index is 10.8. The highest BCUT2D eigenvalue weighted by atomic mass is 35.5. The molecule has 6 nitrogen and oxygen atoms in total. The van der Waals surface area contributed by atoms with Gasteiger partial charge in [-0.25, -0.2) is 0 Å². The monoisotopic (exact) mass is 238 g/mol. The zero-order valence-electron chi connectivity index (χ0n) is 6.39. The summed E-state index contributed by atoms with van der Waals surface area (Å²) in [5.41, 5.74) is 0. The second-order valence-electron chi connectivity index (χ2n) is 2.46. The van der Waals surface area contributed by atoms with Crippen LogP contribution in [0, 0.1) is 0 Å². The van der Waals surface area contributed by atoms with E-state index >= 15 is 0 Å². The molecule has 0 radical (unpaired) electrons. The van der Waals surface area contributed by atoms with E-state index in [0.29, 0.717) is 0 Å². The predicted molar refractivity (Wildman–Crippen MR) is 45.0 cm³/mol. The number of phenols is 2. The van der Waals surface area contributed by atoms with Crippen LogP contribution in [-0.2, 0) is 10.4 Å². The molecule has 0 atom stereocenters. The van der Waals surface area contributed by atoms with Crippen molar-refractivity contribution in [2.24, 2.45) is 0 Å². The molecule has 14 heavy (non-hydrogen) atoms. The number of halogens is 1. The molecule has 0 saturated heterocycles. The van der Waals surface area contributed by atoms with Gasteiger partial charge in [0.2, 0.25) is 5.75 Å². The van der Waals surface area contributed by atoms with Gasteiger partial charge in [-0.1, -0.05) is 11.6 Å². The molecule has 0 spiro atoms. The van der Waals surface area contributed by atoms with Gasteiger partial charge in [0.05, 0.1) is 0 Å². The Morgan fingerprint density at radius 3 is 2.57 bits per heavy atom. The summed E-state index contributed by atoms with van der Waals surface area (Å²) in [6.45, 7) is 0. The van der Waals surface area contributed by atoms with Crippen LogP contribution in [0.2, 0.25) is 5.02 Å². The van der Waals surface area contributed by atoms with Crippen LogP contribution in [0.5, 0.6) is 23.0 Å². The summed E-state index contributed by atoms with van der Waals surface area (Å²) in [5, 5.41) is 17.8. The molecule has 1 aromatic carbocycles. The fourth-order valence-corrected chi connectivity index (χ4v) is 1.98. The van der Waals surface area contributed by atoms with Gasteiger partial charge in [0, 0.05) is 6.07 Å². The van der Waals surface area contributed by atoms with Gasteiger partial charge in [-0.15, -0.1) is 8.42 Å². The van der Waals surface area contributed by atoms with Crippen molar-refractivity contribution in [3.63, 3.8) is 0 Å². The number of benzene rings is 1. The van der Waals surface area contributed by atoms with E-state index in [4.69, 9.17) is 21.8 Å². The second-order valence-corrected chi connectivity index (χ2v) is 3.99. The topological polar surface area (TPSA) is 93.1 Å². The van der Waals surface area contributed by atoms with Crippen molar-refractivity contribution >= 4 is 22.0 Å². The normalized spacial score (nSPS) is 16.9. The van der Waals surface area contributed by atoms with Crippen LogP contribution in [-0.4, -0.2) is 18.6 Å². The lowest BCUT2D eigenvalue weighted by Crippen LogP contribution is -2.08. The summed E-state index contributed by atoms with van der Waals surface area (Å²) >= 11 is 5.49. The first kappa shape index (κ1) is 9.22. The molecule has 76 valence electrons. The van der Waals surface area contributed by atoms with Gasteiger partial charge in [-0.3, -0.25) is 0 Å². The van der Waals surface area contributed by atoms with Crippen LogP contribution in [0.15, 0.2) is 6.07 Å². The van der Waals surface area contributed by atoms with Gasteiger partial charge >= 0.3 is 10.4 Å². The van der Waals surface area contributed by atoms with E-state index < -0.39 is 26.9 Å². The van der Waals surface area contributed by atoms with Crippen molar-refractivity contribution in [1.82, 2.24) is 0 Å². The summed E-state index contributed by atoms with van der Waals surface area (Å²) in [4.78, 5) is 0. The highest BCUT2D eigenvalue weighted by molar-refractivity contribution is 7.82. The lowest BCUT2D eigenvalue weighted by Gasteiger charge is -2.01. The quantitative estimate of drug-likeness (QED) is 0.649. The Kier molecular flexibility index (Phi) is 1.70. The lowest BCUT2D eigenvalue weighted by molar-refractivity contribution is 0.401. The number of fused-ring (bicyclic) bond motifs is 1. The van der Waals surface area contributed by atoms with Crippen molar-refractivity contribution in [3.05, 3.63) is 11.1 Å². The van der Waals surface area contributed by atoms with E-state index in [1.165, 1.54) is 0 Å². The first-order valence-electron chi connectivity index (χ1n) is 3.29. The largest absolute Gasteiger partial charge is 0.504 e. The van der Waals surface area contributed by atoms with Crippen LogP contribution in [0.3, 0.4) is 0 Å². The van der Waals surface area contributed by atoms with E-state index in [9.17, 15) is 8.42 Å². The maximum absolute atomic E-state index is 10.8. The Labute approximate surface area is 83.6 Å². The van der Waals surface area contributed by atoms with Crippen LogP contribution < -0.4 is 8.37 Å². The van der Waals surface area contributed by atoms with Gasteiger partial charge < -0.3 is 18.6 Å². The van der Waals surface area contributed by atoms with Gasteiger partial charge in [0.1, 0.15) is 5.02 Å². The fourth-order valence-electron chi connectivity index (χ4n) is 0.955. The first-order chi connectivity index (χ1) is 6.41. The van der Waals surface area contributed by atoms with E-state index in [2.05, 4.69) is 8.37 Å². The molecule has 0 aliphatic carbocycles. The van der Waals surface area contributed by atoms with Gasteiger partial charge in [-0.2, -0.15) is 0 Å². The standard InChI is InChI=1S/C6H3ClO6S/c7-4-5(9)2(8)1-3-6(4)13-14(10,11)12-3/h1,8-9H. The molecule has 8 heteroatoms.